The van der Waals surface area contributed by atoms with Crippen LogP contribution in [0, 0.1) is 19.7 Å². The number of nitrogens with one attached hydrogen (secondary N) is 2. The van der Waals surface area contributed by atoms with Crippen LogP contribution < -0.4 is 21.1 Å². The van der Waals surface area contributed by atoms with Gasteiger partial charge in [-0.25, -0.2) is 14.4 Å². The molecule has 1 aliphatic rings. The quantitative estimate of drug-likeness (QED) is 0.169. The van der Waals surface area contributed by atoms with Crippen molar-refractivity contribution in [2.45, 2.75) is 38.0 Å². The Morgan fingerprint density at radius 1 is 1.04 bits per heavy atom. The van der Waals surface area contributed by atoms with Gasteiger partial charge in [0.2, 0.25) is 11.5 Å². The largest absolute Gasteiger partial charge is 0.489 e. The molecule has 0 fully saturated rings. The number of amides is 3. The molecule has 1 aliphatic heterocycles. The maximum Gasteiger partial charge on any atom is 0.424 e. The number of ether oxygens (including phenoxy) is 1. The molecule has 12 nitrogen and oxygen atoms in total. The number of nitrogens with two attached hydrogens (primary N) is 1. The van der Waals surface area contributed by atoms with Crippen LogP contribution in [0.2, 0.25) is 0 Å². The second kappa shape index (κ2) is 12.2. The fourth-order valence-corrected chi connectivity index (χ4v) is 5.49. The molecule has 3 aromatic heterocycles. The highest BCUT2D eigenvalue weighted by Gasteiger charge is 2.57. The number of nitrogens with zero attached hydrogens (tertiary/aromatic N) is 3. The summed E-state index contributed by atoms with van der Waals surface area (Å²) in [5.74, 6) is -3.12. The summed E-state index contributed by atoms with van der Waals surface area (Å²) in [7, 11) is 0. The topological polar surface area (TPSA) is 183 Å². The van der Waals surface area contributed by atoms with Crippen molar-refractivity contribution in [3.63, 3.8) is 0 Å². The number of hydrogen-bond donors (Lipinski definition) is 4. The average molecular weight is 693 g/mol. The molecular weight excluding hydrogens is 664 g/mol. The van der Waals surface area contributed by atoms with E-state index >= 15 is 0 Å². The van der Waals surface area contributed by atoms with Crippen molar-refractivity contribution in [3.05, 3.63) is 101 Å². The Bertz CT molecular complexity index is 2190. The number of aromatic nitrogens is 3. The van der Waals surface area contributed by atoms with Gasteiger partial charge in [0.15, 0.2) is 11.6 Å². The molecule has 5 N–H and O–H groups in total. The predicted molar refractivity (Wildman–Crippen MR) is 170 cm³/mol. The smallest absolute Gasteiger partial charge is 0.424 e. The third kappa shape index (κ3) is 5.97. The van der Waals surface area contributed by atoms with Crippen LogP contribution in [-0.2, 0) is 15.8 Å². The first-order valence-electron chi connectivity index (χ1n) is 15.0. The van der Waals surface area contributed by atoms with Crippen LogP contribution in [0.25, 0.3) is 22.2 Å². The third-order valence-corrected chi connectivity index (χ3v) is 8.41. The zero-order valence-corrected chi connectivity index (χ0v) is 26.6. The molecule has 5 aromatic rings. The van der Waals surface area contributed by atoms with Gasteiger partial charge in [0.05, 0.1) is 23.4 Å². The van der Waals surface area contributed by atoms with E-state index < -0.39 is 53.0 Å². The summed E-state index contributed by atoms with van der Waals surface area (Å²) < 4.78 is 69.1. The van der Waals surface area contributed by atoms with Crippen LogP contribution in [0.1, 0.15) is 50.5 Å². The fraction of sp³-hybridized carbons (Fsp3) is 0.235. The molecule has 0 spiro atoms. The highest BCUT2D eigenvalue weighted by atomic mass is 19.4. The Hall–Kier alpha value is -5.90. The number of benzene rings is 2. The van der Waals surface area contributed by atoms with Gasteiger partial charge in [-0.2, -0.15) is 13.2 Å². The van der Waals surface area contributed by atoms with Crippen molar-refractivity contribution in [2.75, 3.05) is 18.5 Å². The van der Waals surface area contributed by atoms with E-state index in [9.17, 15) is 37.1 Å². The summed E-state index contributed by atoms with van der Waals surface area (Å²) in [6.07, 6.45) is -2.77. The first-order valence-corrected chi connectivity index (χ1v) is 15.0. The van der Waals surface area contributed by atoms with Gasteiger partial charge in [-0.3, -0.25) is 19.4 Å². The summed E-state index contributed by atoms with van der Waals surface area (Å²) in [6.45, 7) is 2.88. The highest BCUT2D eigenvalue weighted by molar-refractivity contribution is 6.09. The van der Waals surface area contributed by atoms with E-state index in [0.29, 0.717) is 10.9 Å². The Labute approximate surface area is 280 Å². The number of oxazole rings is 1. The lowest BCUT2D eigenvalue weighted by atomic mass is 9.81. The minimum atomic E-state index is -5.43. The maximum atomic E-state index is 14.9. The predicted octanol–water partition coefficient (Wildman–Crippen LogP) is 4.61. The molecule has 258 valence electrons. The molecule has 6 rings (SSSR count). The van der Waals surface area contributed by atoms with E-state index in [2.05, 4.69) is 25.6 Å². The average Bonchev–Trinajstić information content (AvgIpc) is 3.66. The fourth-order valence-electron chi connectivity index (χ4n) is 5.49. The number of halogens is 4. The first-order chi connectivity index (χ1) is 23.5. The van der Waals surface area contributed by atoms with E-state index in [1.807, 2.05) is 0 Å². The number of hydrogen-bond acceptors (Lipinski definition) is 9. The lowest BCUT2D eigenvalue weighted by Crippen LogP contribution is -2.51. The van der Waals surface area contributed by atoms with Crippen molar-refractivity contribution >= 4 is 34.3 Å². The monoisotopic (exact) mass is 692 g/mol. The van der Waals surface area contributed by atoms with Crippen molar-refractivity contribution in [1.29, 1.82) is 0 Å². The number of pyridine rings is 2. The maximum absolute atomic E-state index is 14.9. The van der Waals surface area contributed by atoms with Gasteiger partial charge < -0.3 is 30.6 Å². The number of carbonyl (C=O) groups excluding carboxylic acids is 3. The van der Waals surface area contributed by atoms with Crippen LogP contribution in [0.3, 0.4) is 0 Å². The Balaban J connectivity index is 1.39. The minimum absolute atomic E-state index is 0.0550. The number of aryl methyl sites for hydroxylation is 2. The Morgan fingerprint density at radius 2 is 1.76 bits per heavy atom. The van der Waals surface area contributed by atoms with E-state index in [-0.39, 0.29) is 57.5 Å². The standard InChI is InChI=1S/C34H28F4N6O6/c1-16-8-19-9-20(10-23(26(19)40-12-16)43-30(46)24-13-49-17(2)42-24)29(45)41-14-33(48,34(36,37)38)25-11-22-28(50-15-32(22,3)31(39)47)27(44-25)18-4-6-21(35)7-5-18/h4-13,48H,14-15H2,1-3H3,(H2,39,47)(H,41,45)(H,43,46)/t32-,33?/m0/s1. The zero-order chi connectivity index (χ0) is 36.2. The van der Waals surface area contributed by atoms with Gasteiger partial charge in [-0.1, -0.05) is 0 Å². The number of carbonyl (C=O) groups is 3. The SMILES string of the molecule is Cc1cnc2c(NC(=O)c3coc(C)n3)cc(C(=O)NCC(O)(c3cc4c(c(-c5ccc(F)cc5)n3)OC[C@]4(C)C(N)=O)C(F)(F)F)cc2c1. The van der Waals surface area contributed by atoms with Gasteiger partial charge >= 0.3 is 6.18 Å². The second-order valence-electron chi connectivity index (χ2n) is 12.1. The van der Waals surface area contributed by atoms with E-state index in [1.54, 1.807) is 13.0 Å². The van der Waals surface area contributed by atoms with Crippen LogP contribution in [0.15, 0.2) is 65.4 Å². The van der Waals surface area contributed by atoms with E-state index in [1.165, 1.54) is 44.3 Å². The summed E-state index contributed by atoms with van der Waals surface area (Å²) in [4.78, 5) is 51.3. The second-order valence-corrected chi connectivity index (χ2v) is 12.1. The van der Waals surface area contributed by atoms with Crippen molar-refractivity contribution < 1.29 is 46.2 Å². The lowest BCUT2D eigenvalue weighted by Gasteiger charge is -2.31. The van der Waals surface area contributed by atoms with Crippen LogP contribution >= 0.6 is 0 Å². The van der Waals surface area contributed by atoms with Gasteiger partial charge in [0.25, 0.3) is 11.8 Å². The van der Waals surface area contributed by atoms with Crippen molar-refractivity contribution in [3.8, 4) is 17.0 Å². The molecule has 50 heavy (non-hydrogen) atoms. The number of rotatable bonds is 8. The molecule has 2 atom stereocenters. The molecule has 0 saturated carbocycles. The summed E-state index contributed by atoms with van der Waals surface area (Å²) in [5, 5.41) is 16.5. The molecule has 0 saturated heterocycles. The number of primary amides is 1. The highest BCUT2D eigenvalue weighted by Crippen LogP contribution is 2.47. The van der Waals surface area contributed by atoms with Gasteiger partial charge in [-0.15, -0.1) is 0 Å². The molecule has 3 amide bonds. The molecular formula is C34H28F4N6O6. The first kappa shape index (κ1) is 34.0. The Kier molecular flexibility index (Phi) is 8.30. The van der Waals surface area contributed by atoms with Crippen molar-refractivity contribution in [1.82, 2.24) is 20.3 Å². The molecule has 2 aromatic carbocycles. The minimum Gasteiger partial charge on any atom is -0.489 e. The number of aliphatic hydroxyl groups is 1. The third-order valence-electron chi connectivity index (χ3n) is 8.41. The van der Waals surface area contributed by atoms with Gasteiger partial charge in [0.1, 0.15) is 35.5 Å². The molecule has 16 heteroatoms. The molecule has 0 bridgehead atoms. The van der Waals surface area contributed by atoms with E-state index in [0.717, 1.165) is 24.5 Å². The van der Waals surface area contributed by atoms with Crippen LogP contribution in [0.4, 0.5) is 23.2 Å². The number of anilines is 1. The van der Waals surface area contributed by atoms with Crippen molar-refractivity contribution in [2.24, 2.45) is 5.73 Å². The summed E-state index contributed by atoms with van der Waals surface area (Å²) in [5.41, 5.74) is -0.159. The molecule has 0 aliphatic carbocycles. The van der Waals surface area contributed by atoms with Crippen LogP contribution in [0.5, 0.6) is 5.75 Å². The molecule has 4 heterocycles. The number of fused-ring (bicyclic) bond motifs is 2. The summed E-state index contributed by atoms with van der Waals surface area (Å²) in [6, 6.07) is 9.70. The molecule has 0 radical (unpaired) electrons. The number of alkyl halides is 3. The summed E-state index contributed by atoms with van der Waals surface area (Å²) >= 11 is 0. The van der Waals surface area contributed by atoms with Gasteiger partial charge in [-0.05, 0) is 67.9 Å². The van der Waals surface area contributed by atoms with E-state index in [4.69, 9.17) is 14.9 Å². The normalized spacial score (nSPS) is 16.7. The van der Waals surface area contributed by atoms with Crippen LogP contribution in [-0.4, -0.2) is 57.1 Å². The lowest BCUT2D eigenvalue weighted by molar-refractivity contribution is -0.265. The van der Waals surface area contributed by atoms with Gasteiger partial charge in [0, 0.05) is 35.2 Å². The Morgan fingerprint density at radius 3 is 2.40 bits per heavy atom. The zero-order valence-electron chi connectivity index (χ0n) is 26.6. The molecule has 1 unspecified atom stereocenters.